The Morgan fingerprint density at radius 1 is 1.58 bits per heavy atom. The van der Waals surface area contributed by atoms with Gasteiger partial charge in [0.05, 0.1) is 5.69 Å². The third kappa shape index (κ3) is 2.73. The standard InChI is InChI=1S/C6H8ClF2N3/c7-2-1-5-3-12(11-10-5)4-6(8)9/h3,6H,1-2,4H2. The van der Waals surface area contributed by atoms with Crippen molar-refractivity contribution >= 4 is 11.6 Å². The van der Waals surface area contributed by atoms with E-state index in [0.717, 1.165) is 4.68 Å². The molecule has 12 heavy (non-hydrogen) atoms. The van der Waals surface area contributed by atoms with E-state index in [1.165, 1.54) is 6.20 Å². The van der Waals surface area contributed by atoms with Gasteiger partial charge in [-0.05, 0) is 0 Å². The lowest BCUT2D eigenvalue weighted by Gasteiger charge is -1.95. The number of rotatable bonds is 4. The Labute approximate surface area is 73.3 Å². The van der Waals surface area contributed by atoms with Crippen LogP contribution in [0.4, 0.5) is 8.78 Å². The molecular formula is C6H8ClF2N3. The number of hydrogen-bond acceptors (Lipinski definition) is 2. The Balaban J connectivity index is 2.52. The SMILES string of the molecule is FC(F)Cn1cc(CCCl)nn1. The maximum atomic E-state index is 11.8. The predicted molar refractivity (Wildman–Crippen MR) is 40.5 cm³/mol. The second-order valence-electron chi connectivity index (χ2n) is 2.26. The molecular weight excluding hydrogens is 188 g/mol. The summed E-state index contributed by atoms with van der Waals surface area (Å²) in [6.07, 6.45) is -0.352. The molecule has 1 rings (SSSR count). The molecule has 0 amide bonds. The molecule has 1 heterocycles. The van der Waals surface area contributed by atoms with Crippen LogP contribution in [-0.2, 0) is 13.0 Å². The van der Waals surface area contributed by atoms with Crippen molar-refractivity contribution in [1.29, 1.82) is 0 Å². The van der Waals surface area contributed by atoms with E-state index in [4.69, 9.17) is 11.6 Å². The largest absolute Gasteiger partial charge is 0.257 e. The molecule has 0 bridgehead atoms. The topological polar surface area (TPSA) is 30.7 Å². The van der Waals surface area contributed by atoms with E-state index in [0.29, 0.717) is 18.0 Å². The van der Waals surface area contributed by atoms with Gasteiger partial charge in [-0.3, -0.25) is 0 Å². The zero-order chi connectivity index (χ0) is 8.97. The fraction of sp³-hybridized carbons (Fsp3) is 0.667. The quantitative estimate of drug-likeness (QED) is 0.679. The first-order valence-electron chi connectivity index (χ1n) is 3.45. The molecule has 0 saturated carbocycles. The number of alkyl halides is 3. The van der Waals surface area contributed by atoms with E-state index < -0.39 is 13.0 Å². The summed E-state index contributed by atoms with van der Waals surface area (Å²) in [6.45, 7) is -0.407. The second kappa shape index (κ2) is 4.35. The zero-order valence-corrected chi connectivity index (χ0v) is 7.01. The van der Waals surface area contributed by atoms with Gasteiger partial charge in [0.25, 0.3) is 6.43 Å². The first-order valence-corrected chi connectivity index (χ1v) is 3.99. The van der Waals surface area contributed by atoms with Crippen LogP contribution in [0.25, 0.3) is 0 Å². The van der Waals surface area contributed by atoms with E-state index in [2.05, 4.69) is 10.3 Å². The van der Waals surface area contributed by atoms with Crippen LogP contribution in [0, 0.1) is 0 Å². The fourth-order valence-corrected chi connectivity index (χ4v) is 0.974. The third-order valence-electron chi connectivity index (χ3n) is 1.26. The van der Waals surface area contributed by atoms with E-state index in [1.54, 1.807) is 0 Å². The van der Waals surface area contributed by atoms with Crippen molar-refractivity contribution in [1.82, 2.24) is 15.0 Å². The normalized spacial score (nSPS) is 11.0. The summed E-state index contributed by atoms with van der Waals surface area (Å²) in [5.74, 6) is 0.424. The van der Waals surface area contributed by atoms with Gasteiger partial charge in [-0.25, -0.2) is 13.5 Å². The van der Waals surface area contributed by atoms with Crippen LogP contribution in [0.15, 0.2) is 6.20 Å². The monoisotopic (exact) mass is 195 g/mol. The molecule has 0 aliphatic rings. The highest BCUT2D eigenvalue weighted by Crippen LogP contribution is 2.00. The number of hydrogen-bond donors (Lipinski definition) is 0. The molecule has 0 spiro atoms. The summed E-state index contributed by atoms with van der Waals surface area (Å²) in [4.78, 5) is 0. The number of aryl methyl sites for hydroxylation is 1. The van der Waals surface area contributed by atoms with Gasteiger partial charge in [0.15, 0.2) is 0 Å². The smallest absolute Gasteiger partial charge is 0.247 e. The molecule has 0 saturated heterocycles. The Morgan fingerprint density at radius 3 is 2.92 bits per heavy atom. The van der Waals surface area contributed by atoms with Crippen molar-refractivity contribution in [3.63, 3.8) is 0 Å². The summed E-state index contributed by atoms with van der Waals surface area (Å²) in [6, 6.07) is 0. The summed E-state index contributed by atoms with van der Waals surface area (Å²) >= 11 is 5.43. The van der Waals surface area contributed by atoms with Crippen LogP contribution in [0.5, 0.6) is 0 Å². The molecule has 0 radical (unpaired) electrons. The Morgan fingerprint density at radius 2 is 2.33 bits per heavy atom. The van der Waals surface area contributed by atoms with Crippen molar-refractivity contribution < 1.29 is 8.78 Å². The molecule has 0 unspecified atom stereocenters. The average molecular weight is 196 g/mol. The van der Waals surface area contributed by atoms with E-state index >= 15 is 0 Å². The van der Waals surface area contributed by atoms with Crippen molar-refractivity contribution in [2.45, 2.75) is 19.4 Å². The predicted octanol–water partition coefficient (Wildman–Crippen LogP) is 1.32. The molecule has 0 fully saturated rings. The highest BCUT2D eigenvalue weighted by atomic mass is 35.5. The Kier molecular flexibility index (Phi) is 3.40. The van der Waals surface area contributed by atoms with Gasteiger partial charge >= 0.3 is 0 Å². The van der Waals surface area contributed by atoms with Crippen LogP contribution in [0.1, 0.15) is 5.69 Å². The molecule has 0 aliphatic heterocycles. The van der Waals surface area contributed by atoms with Gasteiger partial charge in [-0.2, -0.15) is 0 Å². The second-order valence-corrected chi connectivity index (χ2v) is 2.64. The van der Waals surface area contributed by atoms with E-state index in [9.17, 15) is 8.78 Å². The van der Waals surface area contributed by atoms with Crippen LogP contribution in [-0.4, -0.2) is 27.3 Å². The molecule has 0 aliphatic carbocycles. The molecule has 0 N–H and O–H groups in total. The van der Waals surface area contributed by atoms with Gasteiger partial charge in [0.2, 0.25) is 0 Å². The molecule has 0 aromatic carbocycles. The highest BCUT2D eigenvalue weighted by Gasteiger charge is 2.05. The maximum Gasteiger partial charge on any atom is 0.257 e. The lowest BCUT2D eigenvalue weighted by atomic mass is 10.4. The molecule has 1 aromatic heterocycles. The van der Waals surface area contributed by atoms with Gasteiger partial charge in [0, 0.05) is 18.5 Å². The van der Waals surface area contributed by atoms with E-state index in [1.807, 2.05) is 0 Å². The Bertz CT molecular complexity index is 238. The summed E-state index contributed by atoms with van der Waals surface area (Å²) in [7, 11) is 0. The van der Waals surface area contributed by atoms with Crippen molar-refractivity contribution in [2.24, 2.45) is 0 Å². The lowest BCUT2D eigenvalue weighted by Crippen LogP contribution is -2.06. The maximum absolute atomic E-state index is 11.8. The van der Waals surface area contributed by atoms with Crippen molar-refractivity contribution in [3.05, 3.63) is 11.9 Å². The van der Waals surface area contributed by atoms with E-state index in [-0.39, 0.29) is 0 Å². The minimum atomic E-state index is -2.39. The Hall–Kier alpha value is -0.710. The minimum Gasteiger partial charge on any atom is -0.247 e. The molecule has 3 nitrogen and oxygen atoms in total. The fourth-order valence-electron chi connectivity index (χ4n) is 0.781. The first-order chi connectivity index (χ1) is 5.72. The lowest BCUT2D eigenvalue weighted by molar-refractivity contribution is 0.121. The molecule has 1 aromatic rings. The van der Waals surface area contributed by atoms with Gasteiger partial charge in [-0.1, -0.05) is 5.21 Å². The highest BCUT2D eigenvalue weighted by molar-refractivity contribution is 6.17. The summed E-state index contributed by atoms with van der Waals surface area (Å²) < 4.78 is 24.7. The molecule has 0 atom stereocenters. The molecule has 68 valence electrons. The van der Waals surface area contributed by atoms with Gasteiger partial charge in [-0.15, -0.1) is 16.7 Å². The molecule has 6 heteroatoms. The summed E-state index contributed by atoms with van der Waals surface area (Å²) in [5.41, 5.74) is 0.644. The third-order valence-corrected chi connectivity index (χ3v) is 1.45. The zero-order valence-electron chi connectivity index (χ0n) is 6.25. The minimum absolute atomic E-state index is 0.407. The number of nitrogens with zero attached hydrogens (tertiary/aromatic N) is 3. The van der Waals surface area contributed by atoms with Gasteiger partial charge < -0.3 is 0 Å². The van der Waals surface area contributed by atoms with Crippen LogP contribution >= 0.6 is 11.6 Å². The average Bonchev–Trinajstić information content (AvgIpc) is 2.36. The number of halogens is 3. The summed E-state index contributed by atoms with van der Waals surface area (Å²) in [5, 5.41) is 7.16. The van der Waals surface area contributed by atoms with Crippen LogP contribution in [0.2, 0.25) is 0 Å². The number of aromatic nitrogens is 3. The van der Waals surface area contributed by atoms with Crippen molar-refractivity contribution in [2.75, 3.05) is 5.88 Å². The van der Waals surface area contributed by atoms with Crippen LogP contribution < -0.4 is 0 Å². The first kappa shape index (κ1) is 9.38. The van der Waals surface area contributed by atoms with Gasteiger partial charge in [0.1, 0.15) is 6.54 Å². The van der Waals surface area contributed by atoms with Crippen molar-refractivity contribution in [3.8, 4) is 0 Å². The van der Waals surface area contributed by atoms with Crippen LogP contribution in [0.3, 0.4) is 0 Å².